The molecule has 0 saturated heterocycles. The Balaban J connectivity index is 1.80. The summed E-state index contributed by atoms with van der Waals surface area (Å²) in [5.74, 6) is -2.51. The lowest BCUT2D eigenvalue weighted by molar-refractivity contribution is -0.274. The Morgan fingerprint density at radius 1 is 0.765 bits per heavy atom. The Hall–Kier alpha value is -3.81. The number of benzene rings is 3. The summed E-state index contributed by atoms with van der Waals surface area (Å²) >= 11 is 0. The predicted octanol–water partition coefficient (Wildman–Crippen LogP) is 6.11. The molecule has 5 nitrogen and oxygen atoms in total. The molecule has 0 unspecified atom stereocenters. The van der Waals surface area contributed by atoms with Gasteiger partial charge in [0, 0.05) is 0 Å². The molecule has 0 bridgehead atoms. The van der Waals surface area contributed by atoms with Crippen molar-refractivity contribution < 1.29 is 37.0 Å². The molecule has 0 aromatic heterocycles. The van der Waals surface area contributed by atoms with E-state index in [0.717, 1.165) is 30.4 Å². The molecule has 0 aliphatic carbocycles. The van der Waals surface area contributed by atoms with Crippen molar-refractivity contribution in [2.75, 3.05) is 7.11 Å². The zero-order chi connectivity index (χ0) is 25.0. The van der Waals surface area contributed by atoms with Crippen LogP contribution in [0, 0.1) is 20.8 Å². The minimum atomic E-state index is -5.06. The summed E-state index contributed by atoms with van der Waals surface area (Å²) in [4.78, 5) is 24.4. The van der Waals surface area contributed by atoms with E-state index in [1.54, 1.807) is 13.0 Å². The monoisotopic (exact) mass is 472 g/mol. The average Bonchev–Trinajstić information content (AvgIpc) is 2.76. The first-order chi connectivity index (χ1) is 16.0. The van der Waals surface area contributed by atoms with E-state index < -0.39 is 29.6 Å². The van der Waals surface area contributed by atoms with E-state index in [1.807, 2.05) is 19.1 Å². The minimum Gasteiger partial charge on any atom is -0.465 e. The second-order valence-corrected chi connectivity index (χ2v) is 7.84. The van der Waals surface area contributed by atoms with Crippen LogP contribution >= 0.6 is 0 Å². The summed E-state index contributed by atoms with van der Waals surface area (Å²) in [7, 11) is 1.02. The van der Waals surface area contributed by atoms with Crippen LogP contribution in [0.1, 0.15) is 48.5 Å². The molecule has 178 valence electrons. The Morgan fingerprint density at radius 2 is 1.41 bits per heavy atom. The molecule has 0 aliphatic heterocycles. The summed E-state index contributed by atoms with van der Waals surface area (Å²) in [6, 6.07) is 14.6. The first-order valence-electron chi connectivity index (χ1n) is 10.3. The highest BCUT2D eigenvalue weighted by molar-refractivity contribution is 5.96. The molecule has 0 amide bonds. The molecular formula is C26H23F3O5. The van der Waals surface area contributed by atoms with Crippen molar-refractivity contribution in [3.63, 3.8) is 0 Å². The van der Waals surface area contributed by atoms with Gasteiger partial charge in [0.05, 0.1) is 12.7 Å². The van der Waals surface area contributed by atoms with Gasteiger partial charge in [0.2, 0.25) is 0 Å². The highest BCUT2D eigenvalue weighted by Crippen LogP contribution is 2.29. The molecule has 0 aliphatic rings. The summed E-state index contributed by atoms with van der Waals surface area (Å²) in [6.45, 7) is 5.87. The number of methoxy groups -OCH3 is 1. The van der Waals surface area contributed by atoms with E-state index in [0.29, 0.717) is 12.0 Å². The molecule has 3 aromatic rings. The second kappa shape index (κ2) is 9.99. The fraction of sp³-hybridized carbons (Fsp3) is 0.231. The summed E-state index contributed by atoms with van der Waals surface area (Å²) in [6.07, 6.45) is -4.36. The van der Waals surface area contributed by atoms with Crippen molar-refractivity contribution in [3.05, 3.63) is 93.5 Å². The van der Waals surface area contributed by atoms with Crippen LogP contribution < -0.4 is 9.47 Å². The number of rotatable bonds is 6. The van der Waals surface area contributed by atoms with E-state index >= 15 is 0 Å². The maximum Gasteiger partial charge on any atom is 0.573 e. The molecule has 3 aromatic carbocycles. The fourth-order valence-electron chi connectivity index (χ4n) is 3.38. The Bertz CT molecular complexity index is 1230. The molecule has 3 rings (SSSR count). The van der Waals surface area contributed by atoms with Gasteiger partial charge in [-0.05, 0) is 79.3 Å². The van der Waals surface area contributed by atoms with Crippen molar-refractivity contribution in [1.82, 2.24) is 0 Å². The highest BCUT2D eigenvalue weighted by Gasteiger charge is 2.33. The topological polar surface area (TPSA) is 61.8 Å². The molecule has 0 atom stereocenters. The lowest BCUT2D eigenvalue weighted by Crippen LogP contribution is -2.20. The number of hydrogen-bond donors (Lipinski definition) is 0. The molecule has 0 heterocycles. The van der Waals surface area contributed by atoms with Gasteiger partial charge in [-0.15, -0.1) is 13.2 Å². The van der Waals surface area contributed by atoms with Crippen LogP contribution in [0.3, 0.4) is 0 Å². The summed E-state index contributed by atoms with van der Waals surface area (Å²) in [5, 5.41) is 0. The molecule has 34 heavy (non-hydrogen) atoms. The third-order valence-electron chi connectivity index (χ3n) is 5.27. The lowest BCUT2D eigenvalue weighted by Gasteiger charge is -2.14. The van der Waals surface area contributed by atoms with E-state index in [9.17, 15) is 22.8 Å². The van der Waals surface area contributed by atoms with Gasteiger partial charge < -0.3 is 14.2 Å². The van der Waals surface area contributed by atoms with Crippen LogP contribution in [0.4, 0.5) is 13.2 Å². The average molecular weight is 472 g/mol. The van der Waals surface area contributed by atoms with Crippen molar-refractivity contribution in [1.29, 1.82) is 0 Å². The maximum atomic E-state index is 12.8. The van der Waals surface area contributed by atoms with Crippen molar-refractivity contribution in [3.8, 4) is 11.5 Å². The van der Waals surface area contributed by atoms with Crippen molar-refractivity contribution in [2.45, 2.75) is 33.6 Å². The van der Waals surface area contributed by atoms with Crippen LogP contribution in [0.15, 0.2) is 54.6 Å². The first kappa shape index (κ1) is 24.8. The van der Waals surface area contributed by atoms with Crippen LogP contribution in [0.2, 0.25) is 0 Å². The number of alkyl halides is 3. The molecule has 0 N–H and O–H groups in total. The van der Waals surface area contributed by atoms with Gasteiger partial charge in [-0.1, -0.05) is 30.3 Å². The van der Waals surface area contributed by atoms with Gasteiger partial charge >= 0.3 is 18.3 Å². The molecule has 0 saturated carbocycles. The lowest BCUT2D eigenvalue weighted by atomic mass is 9.99. The van der Waals surface area contributed by atoms with Crippen LogP contribution in [0.5, 0.6) is 11.5 Å². The zero-order valence-corrected chi connectivity index (χ0v) is 19.1. The van der Waals surface area contributed by atoms with Gasteiger partial charge in [0.25, 0.3) is 0 Å². The van der Waals surface area contributed by atoms with Gasteiger partial charge in [-0.3, -0.25) is 0 Å². The number of aryl methyl sites for hydroxylation is 3. The van der Waals surface area contributed by atoms with E-state index in [2.05, 4.69) is 34.6 Å². The smallest absolute Gasteiger partial charge is 0.465 e. The molecule has 0 spiro atoms. The molecule has 0 fully saturated rings. The standard InChI is InChI=1S/C26H23F3O5/c1-15-5-6-18(11-16(15)2)13-19-7-10-22(17(3)12-19)33-24(30)20-8-9-21(25(31)32-4)23(14-20)34-26(27,28)29/h5-12,14H,13H2,1-4H3. The third kappa shape index (κ3) is 6.15. The Morgan fingerprint density at radius 3 is 2.00 bits per heavy atom. The van der Waals surface area contributed by atoms with Crippen LogP contribution in [0.25, 0.3) is 0 Å². The highest BCUT2D eigenvalue weighted by atomic mass is 19.4. The van der Waals surface area contributed by atoms with Gasteiger partial charge in [0.15, 0.2) is 0 Å². The number of esters is 2. The molecule has 0 radical (unpaired) electrons. The predicted molar refractivity (Wildman–Crippen MR) is 119 cm³/mol. The van der Waals surface area contributed by atoms with E-state index in [4.69, 9.17) is 4.74 Å². The quantitative estimate of drug-likeness (QED) is 0.320. The van der Waals surface area contributed by atoms with E-state index in [1.165, 1.54) is 17.2 Å². The van der Waals surface area contributed by atoms with Gasteiger partial charge in [0.1, 0.15) is 17.1 Å². The zero-order valence-electron chi connectivity index (χ0n) is 19.1. The minimum absolute atomic E-state index is 0.217. The SMILES string of the molecule is COC(=O)c1ccc(C(=O)Oc2ccc(Cc3ccc(C)c(C)c3)cc2C)cc1OC(F)(F)F. The first-order valence-corrected chi connectivity index (χ1v) is 10.3. The number of halogens is 3. The number of carbonyl (C=O) groups is 2. The van der Waals surface area contributed by atoms with Crippen molar-refractivity contribution >= 4 is 11.9 Å². The normalized spacial score (nSPS) is 11.1. The van der Waals surface area contributed by atoms with Crippen LogP contribution in [-0.4, -0.2) is 25.4 Å². The summed E-state index contributed by atoms with van der Waals surface area (Å²) in [5.41, 5.74) is 4.58. The van der Waals surface area contributed by atoms with Crippen LogP contribution in [-0.2, 0) is 11.2 Å². The maximum absolute atomic E-state index is 12.8. The Labute approximate surface area is 195 Å². The van der Waals surface area contributed by atoms with Gasteiger partial charge in [-0.25, -0.2) is 9.59 Å². The largest absolute Gasteiger partial charge is 0.573 e. The molecule has 8 heteroatoms. The number of carbonyl (C=O) groups excluding carboxylic acids is 2. The second-order valence-electron chi connectivity index (χ2n) is 7.84. The number of ether oxygens (including phenoxy) is 3. The summed E-state index contributed by atoms with van der Waals surface area (Å²) < 4.78 is 52.1. The number of hydrogen-bond acceptors (Lipinski definition) is 5. The van der Waals surface area contributed by atoms with Gasteiger partial charge in [-0.2, -0.15) is 0 Å². The molecular weight excluding hydrogens is 449 g/mol. The third-order valence-corrected chi connectivity index (χ3v) is 5.27. The Kier molecular flexibility index (Phi) is 7.29. The fourth-order valence-corrected chi connectivity index (χ4v) is 3.38. The van der Waals surface area contributed by atoms with E-state index in [-0.39, 0.29) is 11.3 Å². The van der Waals surface area contributed by atoms with Crippen molar-refractivity contribution in [2.24, 2.45) is 0 Å².